The summed E-state index contributed by atoms with van der Waals surface area (Å²) in [7, 11) is 0. The van der Waals surface area contributed by atoms with Crippen LogP contribution in [-0.2, 0) is 0 Å². The molecule has 0 aliphatic heterocycles. The molecular weight excluding hydrogens is 343 g/mol. The van der Waals surface area contributed by atoms with Crippen LogP contribution < -0.4 is 5.32 Å². The number of halogens is 1. The lowest BCUT2D eigenvalue weighted by atomic mass is 10.3. The Bertz CT molecular complexity index is 988. The number of thiazole rings is 1. The average molecular weight is 354 g/mol. The number of hydrogen-bond donors (Lipinski definition) is 1. The van der Waals surface area contributed by atoms with Crippen LogP contribution in [0.1, 0.15) is 9.67 Å². The van der Waals surface area contributed by atoms with E-state index in [0.717, 1.165) is 20.1 Å². The summed E-state index contributed by atoms with van der Waals surface area (Å²) in [6, 6.07) is 17.4. The van der Waals surface area contributed by atoms with Crippen molar-refractivity contribution < 1.29 is 9.18 Å². The van der Waals surface area contributed by atoms with Crippen molar-refractivity contribution in [3.8, 4) is 9.88 Å². The number of amides is 1. The van der Waals surface area contributed by atoms with E-state index in [1.54, 1.807) is 17.4 Å². The van der Waals surface area contributed by atoms with Crippen LogP contribution in [0.2, 0.25) is 0 Å². The summed E-state index contributed by atoms with van der Waals surface area (Å²) in [6.45, 7) is 0. The molecule has 2 aromatic carbocycles. The smallest absolute Gasteiger partial charge is 0.265 e. The van der Waals surface area contributed by atoms with Gasteiger partial charge in [0.1, 0.15) is 10.8 Å². The van der Waals surface area contributed by atoms with Crippen molar-refractivity contribution >= 4 is 44.5 Å². The molecule has 0 saturated heterocycles. The Balaban J connectivity index is 1.57. The molecule has 118 valence electrons. The summed E-state index contributed by atoms with van der Waals surface area (Å²) in [4.78, 5) is 18.5. The highest BCUT2D eigenvalue weighted by Crippen LogP contribution is 2.34. The number of thiophene rings is 1. The predicted molar refractivity (Wildman–Crippen MR) is 97.3 cm³/mol. The van der Waals surface area contributed by atoms with Crippen molar-refractivity contribution in [2.45, 2.75) is 0 Å². The van der Waals surface area contributed by atoms with Crippen molar-refractivity contribution in [1.82, 2.24) is 4.98 Å². The number of hydrogen-bond acceptors (Lipinski definition) is 4. The topological polar surface area (TPSA) is 42.0 Å². The van der Waals surface area contributed by atoms with Crippen LogP contribution in [0.3, 0.4) is 0 Å². The molecule has 0 spiro atoms. The van der Waals surface area contributed by atoms with Gasteiger partial charge in [-0.15, -0.1) is 22.7 Å². The standard InChI is InChI=1S/C18H11FN2OS2/c19-11-5-7-12(8-6-11)20-17(22)15-9-10-16(23-15)18-21-13-3-1-2-4-14(13)24-18/h1-10H,(H,20,22). The van der Waals surface area contributed by atoms with Gasteiger partial charge >= 0.3 is 0 Å². The number of fused-ring (bicyclic) bond motifs is 1. The molecule has 4 aromatic rings. The van der Waals surface area contributed by atoms with Gasteiger partial charge in [0, 0.05) is 5.69 Å². The van der Waals surface area contributed by atoms with E-state index >= 15 is 0 Å². The molecule has 2 aromatic heterocycles. The second-order valence-corrected chi connectivity index (χ2v) is 7.23. The maximum atomic E-state index is 12.9. The molecule has 0 saturated carbocycles. The molecule has 1 amide bonds. The lowest BCUT2D eigenvalue weighted by Gasteiger charge is -2.02. The average Bonchev–Trinajstić information content (AvgIpc) is 3.23. The summed E-state index contributed by atoms with van der Waals surface area (Å²) < 4.78 is 14.0. The predicted octanol–water partition coefficient (Wildman–Crippen LogP) is 5.42. The Morgan fingerprint density at radius 2 is 1.75 bits per heavy atom. The lowest BCUT2D eigenvalue weighted by molar-refractivity contribution is 0.103. The van der Waals surface area contributed by atoms with Gasteiger partial charge < -0.3 is 5.32 Å². The third-order valence-corrected chi connectivity index (χ3v) is 5.73. The first kappa shape index (κ1) is 15.0. The van der Waals surface area contributed by atoms with Crippen molar-refractivity contribution in [3.05, 3.63) is 71.4 Å². The maximum Gasteiger partial charge on any atom is 0.265 e. The quantitative estimate of drug-likeness (QED) is 0.534. The summed E-state index contributed by atoms with van der Waals surface area (Å²) in [5, 5.41) is 3.67. The van der Waals surface area contributed by atoms with Gasteiger partial charge in [-0.3, -0.25) is 4.79 Å². The summed E-state index contributed by atoms with van der Waals surface area (Å²) in [5.74, 6) is -0.541. The first-order chi connectivity index (χ1) is 11.7. The molecule has 0 fully saturated rings. The Labute approximate surface area is 145 Å². The second kappa shape index (κ2) is 6.14. The van der Waals surface area contributed by atoms with E-state index in [4.69, 9.17) is 0 Å². The van der Waals surface area contributed by atoms with E-state index in [0.29, 0.717) is 10.6 Å². The number of para-hydroxylation sites is 1. The van der Waals surface area contributed by atoms with Crippen LogP contribution >= 0.6 is 22.7 Å². The molecule has 0 aliphatic carbocycles. The van der Waals surface area contributed by atoms with E-state index in [9.17, 15) is 9.18 Å². The number of nitrogens with one attached hydrogen (secondary N) is 1. The molecule has 24 heavy (non-hydrogen) atoms. The minimum atomic E-state index is -0.331. The largest absolute Gasteiger partial charge is 0.321 e. The van der Waals surface area contributed by atoms with Crippen LogP contribution in [0.15, 0.2) is 60.7 Å². The zero-order valence-corrected chi connectivity index (χ0v) is 14.0. The summed E-state index contributed by atoms with van der Waals surface area (Å²) >= 11 is 3.00. The number of carbonyl (C=O) groups is 1. The van der Waals surface area contributed by atoms with Gasteiger partial charge in [0.2, 0.25) is 0 Å². The van der Waals surface area contributed by atoms with E-state index in [-0.39, 0.29) is 11.7 Å². The zero-order chi connectivity index (χ0) is 16.5. The Hall–Kier alpha value is -2.57. The van der Waals surface area contributed by atoms with Crippen molar-refractivity contribution in [2.75, 3.05) is 5.32 Å². The molecule has 0 bridgehead atoms. The van der Waals surface area contributed by atoms with Gasteiger partial charge in [0.15, 0.2) is 0 Å². The molecule has 0 atom stereocenters. The molecule has 0 unspecified atom stereocenters. The fourth-order valence-corrected chi connectivity index (χ4v) is 4.20. The molecule has 4 rings (SSSR count). The highest BCUT2D eigenvalue weighted by Gasteiger charge is 2.13. The Morgan fingerprint density at radius 1 is 0.958 bits per heavy atom. The van der Waals surface area contributed by atoms with Crippen molar-refractivity contribution in [2.24, 2.45) is 0 Å². The molecular formula is C18H11FN2OS2. The SMILES string of the molecule is O=C(Nc1ccc(F)cc1)c1ccc(-c2nc3ccccc3s2)s1. The lowest BCUT2D eigenvalue weighted by Crippen LogP contribution is -2.09. The van der Waals surface area contributed by atoms with Crippen molar-refractivity contribution in [3.63, 3.8) is 0 Å². The zero-order valence-electron chi connectivity index (χ0n) is 12.3. The minimum absolute atomic E-state index is 0.209. The number of benzene rings is 2. The van der Waals surface area contributed by atoms with E-state index in [2.05, 4.69) is 10.3 Å². The molecule has 3 nitrogen and oxygen atoms in total. The van der Waals surface area contributed by atoms with Gasteiger partial charge in [0.05, 0.1) is 20.0 Å². The van der Waals surface area contributed by atoms with Crippen LogP contribution in [0, 0.1) is 5.82 Å². The molecule has 1 N–H and O–H groups in total. The van der Waals surface area contributed by atoms with E-state index in [1.807, 2.05) is 30.3 Å². The highest BCUT2D eigenvalue weighted by molar-refractivity contribution is 7.26. The van der Waals surface area contributed by atoms with Crippen LogP contribution in [0.5, 0.6) is 0 Å². The van der Waals surface area contributed by atoms with Crippen molar-refractivity contribution in [1.29, 1.82) is 0 Å². The maximum absolute atomic E-state index is 12.9. The van der Waals surface area contributed by atoms with Gasteiger partial charge in [-0.1, -0.05) is 12.1 Å². The minimum Gasteiger partial charge on any atom is -0.321 e. The Kier molecular flexibility index (Phi) is 3.84. The third-order valence-electron chi connectivity index (χ3n) is 3.44. The fourth-order valence-electron chi connectivity index (χ4n) is 2.28. The number of rotatable bonds is 3. The van der Waals surface area contributed by atoms with Gasteiger partial charge in [0.25, 0.3) is 5.91 Å². The number of nitrogens with zero attached hydrogens (tertiary/aromatic N) is 1. The molecule has 2 heterocycles. The van der Waals surface area contributed by atoms with Crippen LogP contribution in [0.4, 0.5) is 10.1 Å². The van der Waals surface area contributed by atoms with E-state index in [1.165, 1.54) is 35.6 Å². The van der Waals surface area contributed by atoms with Crippen LogP contribution in [-0.4, -0.2) is 10.9 Å². The van der Waals surface area contributed by atoms with Gasteiger partial charge in [-0.2, -0.15) is 0 Å². The summed E-state index contributed by atoms with van der Waals surface area (Å²) in [5.41, 5.74) is 1.53. The van der Waals surface area contributed by atoms with Gasteiger partial charge in [-0.05, 0) is 48.5 Å². The fraction of sp³-hybridized carbons (Fsp3) is 0. The second-order valence-electron chi connectivity index (χ2n) is 5.11. The molecule has 6 heteroatoms. The van der Waals surface area contributed by atoms with E-state index < -0.39 is 0 Å². The third kappa shape index (κ3) is 2.93. The molecule has 0 aliphatic rings. The number of aromatic nitrogens is 1. The van der Waals surface area contributed by atoms with Gasteiger partial charge in [-0.25, -0.2) is 9.37 Å². The Morgan fingerprint density at radius 3 is 2.54 bits per heavy atom. The first-order valence-electron chi connectivity index (χ1n) is 7.22. The normalized spacial score (nSPS) is 10.9. The highest BCUT2D eigenvalue weighted by atomic mass is 32.1. The summed E-state index contributed by atoms with van der Waals surface area (Å²) in [6.07, 6.45) is 0. The molecule has 0 radical (unpaired) electrons. The number of anilines is 1. The number of carbonyl (C=O) groups excluding carboxylic acids is 1. The monoisotopic (exact) mass is 354 g/mol. The van der Waals surface area contributed by atoms with Crippen LogP contribution in [0.25, 0.3) is 20.1 Å². The first-order valence-corrected chi connectivity index (χ1v) is 8.85.